The number of ether oxygens (including phenoxy) is 2. The Morgan fingerprint density at radius 1 is 0.882 bits per heavy atom. The normalized spacial score (nSPS) is 13.2. The average Bonchev–Trinajstić information content (AvgIpc) is 2.78. The SMILES string of the molecule is CCCCCCCCCCCCC(CCOC(=O)C(CC(=O)O)S(=O)(=O)O)Oc1ccccc1. The molecule has 1 aromatic carbocycles. The zero-order valence-corrected chi connectivity index (χ0v) is 21.0. The van der Waals surface area contributed by atoms with Crippen molar-refractivity contribution < 1.29 is 37.1 Å². The lowest BCUT2D eigenvalue weighted by atomic mass is 10.0. The summed E-state index contributed by atoms with van der Waals surface area (Å²) in [4.78, 5) is 22.9. The summed E-state index contributed by atoms with van der Waals surface area (Å²) in [5.74, 6) is -2.11. The Morgan fingerprint density at radius 3 is 1.97 bits per heavy atom. The van der Waals surface area contributed by atoms with Crippen LogP contribution < -0.4 is 4.74 Å². The summed E-state index contributed by atoms with van der Waals surface area (Å²) in [5.41, 5.74) is 0. The Kier molecular flexibility index (Phi) is 15.2. The fourth-order valence-corrected chi connectivity index (χ4v) is 4.33. The van der Waals surface area contributed by atoms with Crippen molar-refractivity contribution in [3.05, 3.63) is 30.3 Å². The number of carboxylic acid groups (broad SMARTS) is 1. The molecule has 0 spiro atoms. The Hall–Kier alpha value is -2.13. The minimum atomic E-state index is -4.88. The molecule has 2 atom stereocenters. The van der Waals surface area contributed by atoms with Crippen molar-refractivity contribution in [1.29, 1.82) is 0 Å². The maximum Gasteiger partial charge on any atom is 0.327 e. The molecule has 0 amide bonds. The molecular weight excluding hydrogens is 460 g/mol. The predicted octanol–water partition coefficient (Wildman–Crippen LogP) is 5.41. The van der Waals surface area contributed by atoms with Crippen molar-refractivity contribution in [2.45, 2.75) is 102 Å². The first-order chi connectivity index (χ1) is 16.2. The smallest absolute Gasteiger partial charge is 0.327 e. The molecule has 1 aromatic rings. The van der Waals surface area contributed by atoms with Gasteiger partial charge in [0.05, 0.1) is 13.0 Å². The number of carboxylic acids is 1. The van der Waals surface area contributed by atoms with E-state index in [1.54, 1.807) is 0 Å². The molecule has 0 saturated carbocycles. The van der Waals surface area contributed by atoms with Gasteiger partial charge >= 0.3 is 11.9 Å². The lowest BCUT2D eigenvalue weighted by Crippen LogP contribution is -2.34. The van der Waals surface area contributed by atoms with Gasteiger partial charge in [-0.3, -0.25) is 14.1 Å². The number of carbonyl (C=O) groups excluding carboxylic acids is 1. The van der Waals surface area contributed by atoms with Crippen LogP contribution in [0.1, 0.15) is 90.4 Å². The van der Waals surface area contributed by atoms with Gasteiger partial charge in [0.25, 0.3) is 10.1 Å². The van der Waals surface area contributed by atoms with Gasteiger partial charge in [0.2, 0.25) is 0 Å². The molecule has 9 heteroatoms. The van der Waals surface area contributed by atoms with Crippen LogP contribution in [0.2, 0.25) is 0 Å². The van der Waals surface area contributed by atoms with Crippen LogP contribution in [-0.4, -0.2) is 48.0 Å². The Balaban J connectivity index is 2.45. The second kappa shape index (κ2) is 17.3. The van der Waals surface area contributed by atoms with Gasteiger partial charge in [0.15, 0.2) is 5.25 Å². The number of carbonyl (C=O) groups is 2. The predicted molar refractivity (Wildman–Crippen MR) is 130 cm³/mol. The van der Waals surface area contributed by atoms with Crippen molar-refractivity contribution in [1.82, 2.24) is 0 Å². The standard InChI is InChI=1S/C25H40O8S/c1-2-3-4-5-6-7-8-9-10-12-17-22(33-21-15-13-11-14-16-21)18-19-32-25(28)23(20-24(26)27)34(29,30)31/h11,13-16,22-23H,2-10,12,17-20H2,1H3,(H,26,27)(H,29,30,31). The van der Waals surface area contributed by atoms with E-state index in [0.717, 1.165) is 25.7 Å². The van der Waals surface area contributed by atoms with Crippen molar-refractivity contribution >= 4 is 22.1 Å². The summed E-state index contributed by atoms with van der Waals surface area (Å²) >= 11 is 0. The van der Waals surface area contributed by atoms with Crippen LogP contribution in [0.3, 0.4) is 0 Å². The summed E-state index contributed by atoms with van der Waals surface area (Å²) in [7, 11) is -4.88. The molecule has 0 aliphatic rings. The number of hydrogen-bond donors (Lipinski definition) is 2. The highest BCUT2D eigenvalue weighted by molar-refractivity contribution is 7.87. The first-order valence-corrected chi connectivity index (χ1v) is 13.8. The molecule has 0 fully saturated rings. The number of para-hydroxylation sites is 1. The van der Waals surface area contributed by atoms with E-state index in [1.165, 1.54) is 44.9 Å². The Labute approximate surface area is 203 Å². The highest BCUT2D eigenvalue weighted by Crippen LogP contribution is 2.19. The molecule has 0 aromatic heterocycles. The van der Waals surface area contributed by atoms with Crippen LogP contribution in [0.5, 0.6) is 5.75 Å². The minimum Gasteiger partial charge on any atom is -0.490 e. The molecule has 0 radical (unpaired) electrons. The topological polar surface area (TPSA) is 127 Å². The molecule has 2 unspecified atom stereocenters. The van der Waals surface area contributed by atoms with Gasteiger partial charge in [-0.25, -0.2) is 0 Å². The van der Waals surface area contributed by atoms with Crippen LogP contribution in [-0.2, 0) is 24.4 Å². The fraction of sp³-hybridized carbons (Fsp3) is 0.680. The number of hydrogen-bond acceptors (Lipinski definition) is 6. The van der Waals surface area contributed by atoms with Gasteiger partial charge in [0.1, 0.15) is 11.9 Å². The Morgan fingerprint density at radius 2 is 1.44 bits per heavy atom. The first kappa shape index (κ1) is 29.9. The molecule has 194 valence electrons. The van der Waals surface area contributed by atoms with Gasteiger partial charge in [-0.1, -0.05) is 82.9 Å². The summed E-state index contributed by atoms with van der Waals surface area (Å²) in [6, 6.07) is 9.26. The molecule has 2 N–H and O–H groups in total. The highest BCUT2D eigenvalue weighted by Gasteiger charge is 2.35. The Bertz CT molecular complexity index is 794. The largest absolute Gasteiger partial charge is 0.490 e. The molecule has 0 aliphatic heterocycles. The fourth-order valence-electron chi connectivity index (χ4n) is 3.67. The number of unbranched alkanes of at least 4 members (excludes halogenated alkanes) is 9. The third-order valence-electron chi connectivity index (χ3n) is 5.59. The summed E-state index contributed by atoms with van der Waals surface area (Å²) in [6.45, 7) is 2.08. The van der Waals surface area contributed by atoms with Gasteiger partial charge in [-0.05, 0) is 25.0 Å². The molecule has 0 bridgehead atoms. The van der Waals surface area contributed by atoms with Gasteiger partial charge < -0.3 is 14.6 Å². The summed E-state index contributed by atoms with van der Waals surface area (Å²) in [6.07, 6.45) is 11.9. The van der Waals surface area contributed by atoms with E-state index >= 15 is 0 Å². The van der Waals surface area contributed by atoms with Gasteiger partial charge in [-0.2, -0.15) is 8.42 Å². The van der Waals surface area contributed by atoms with Crippen LogP contribution in [0.25, 0.3) is 0 Å². The molecular formula is C25H40O8S. The highest BCUT2D eigenvalue weighted by atomic mass is 32.2. The van der Waals surface area contributed by atoms with Gasteiger partial charge in [-0.15, -0.1) is 0 Å². The van der Waals surface area contributed by atoms with E-state index in [-0.39, 0.29) is 12.7 Å². The van der Waals surface area contributed by atoms with E-state index in [0.29, 0.717) is 12.2 Å². The molecule has 0 heterocycles. The maximum absolute atomic E-state index is 12.0. The van der Waals surface area contributed by atoms with E-state index < -0.39 is 33.7 Å². The second-order valence-electron chi connectivity index (χ2n) is 8.58. The zero-order chi connectivity index (χ0) is 25.2. The average molecular weight is 501 g/mol. The van der Waals surface area contributed by atoms with Crippen molar-refractivity contribution in [2.75, 3.05) is 6.61 Å². The number of benzene rings is 1. The molecule has 0 aliphatic carbocycles. The van der Waals surface area contributed by atoms with E-state index in [2.05, 4.69) is 6.92 Å². The third-order valence-corrected chi connectivity index (χ3v) is 6.67. The zero-order valence-electron chi connectivity index (χ0n) is 20.2. The van der Waals surface area contributed by atoms with Crippen molar-refractivity contribution in [3.63, 3.8) is 0 Å². The monoisotopic (exact) mass is 500 g/mol. The van der Waals surface area contributed by atoms with Crippen molar-refractivity contribution in [2.24, 2.45) is 0 Å². The summed E-state index contributed by atoms with van der Waals surface area (Å²) in [5, 5.41) is 6.65. The third kappa shape index (κ3) is 14.2. The van der Waals surface area contributed by atoms with Crippen LogP contribution in [0.4, 0.5) is 0 Å². The lowest BCUT2D eigenvalue weighted by Gasteiger charge is -2.20. The number of rotatable bonds is 20. The number of aliphatic carboxylic acids is 1. The minimum absolute atomic E-state index is 0.139. The van der Waals surface area contributed by atoms with E-state index in [4.69, 9.17) is 19.1 Å². The summed E-state index contributed by atoms with van der Waals surface area (Å²) < 4.78 is 42.8. The molecule has 0 saturated heterocycles. The molecule has 34 heavy (non-hydrogen) atoms. The number of esters is 1. The lowest BCUT2D eigenvalue weighted by molar-refractivity contribution is -0.147. The quantitative estimate of drug-likeness (QED) is 0.138. The van der Waals surface area contributed by atoms with Gasteiger partial charge in [0, 0.05) is 6.42 Å². The van der Waals surface area contributed by atoms with Crippen molar-refractivity contribution in [3.8, 4) is 5.75 Å². The molecule has 1 rings (SSSR count). The van der Waals surface area contributed by atoms with E-state index in [9.17, 15) is 18.0 Å². The molecule has 8 nitrogen and oxygen atoms in total. The van der Waals surface area contributed by atoms with Crippen LogP contribution >= 0.6 is 0 Å². The first-order valence-electron chi connectivity index (χ1n) is 12.3. The second-order valence-corrected chi connectivity index (χ2v) is 10.2. The van der Waals surface area contributed by atoms with E-state index in [1.807, 2.05) is 30.3 Å². The van der Waals surface area contributed by atoms with Crippen LogP contribution in [0.15, 0.2) is 30.3 Å². The van der Waals surface area contributed by atoms with Crippen LogP contribution in [0, 0.1) is 0 Å². The maximum atomic E-state index is 12.0.